The molecule has 0 amide bonds. The van der Waals surface area contributed by atoms with Gasteiger partial charge in [0, 0.05) is 23.4 Å². The Morgan fingerprint density at radius 1 is 1.26 bits per heavy atom. The van der Waals surface area contributed by atoms with Crippen molar-refractivity contribution in [3.8, 4) is 0 Å². The molecule has 2 aromatic rings. The van der Waals surface area contributed by atoms with Gasteiger partial charge in [-0.15, -0.1) is 11.3 Å². The van der Waals surface area contributed by atoms with Crippen LogP contribution in [-0.2, 0) is 6.42 Å². The minimum Gasteiger partial charge on any atom is -0.309 e. The van der Waals surface area contributed by atoms with Crippen LogP contribution in [0, 0.1) is 0 Å². The van der Waals surface area contributed by atoms with Crippen LogP contribution in [0.4, 0.5) is 0 Å². The van der Waals surface area contributed by atoms with Crippen LogP contribution in [0.1, 0.15) is 47.7 Å². The second-order valence-corrected chi connectivity index (χ2v) is 6.34. The summed E-state index contributed by atoms with van der Waals surface area (Å²) in [6.45, 7) is 3.38. The molecule has 1 heterocycles. The third-order valence-electron chi connectivity index (χ3n) is 4.04. The highest BCUT2D eigenvalue weighted by molar-refractivity contribution is 7.10. The maximum atomic E-state index is 3.78. The highest BCUT2D eigenvalue weighted by Gasteiger charge is 2.25. The van der Waals surface area contributed by atoms with Gasteiger partial charge in [0.2, 0.25) is 0 Å². The maximum absolute atomic E-state index is 3.78. The van der Waals surface area contributed by atoms with Crippen LogP contribution < -0.4 is 5.32 Å². The Labute approximate surface area is 119 Å². The Morgan fingerprint density at radius 3 is 2.89 bits per heavy atom. The Balaban J connectivity index is 1.60. The molecule has 0 saturated heterocycles. The Kier molecular flexibility index (Phi) is 4.00. The number of thiophene rings is 1. The Morgan fingerprint density at radius 2 is 2.16 bits per heavy atom. The molecule has 1 nitrogen and oxygen atoms in total. The predicted molar refractivity (Wildman–Crippen MR) is 82.9 cm³/mol. The Bertz CT molecular complexity index is 518. The number of fused-ring (bicyclic) bond motifs is 1. The smallest absolute Gasteiger partial charge is 0.0414 e. The largest absolute Gasteiger partial charge is 0.309 e. The van der Waals surface area contributed by atoms with Gasteiger partial charge in [-0.2, -0.15) is 0 Å². The molecule has 0 aliphatic heterocycles. The van der Waals surface area contributed by atoms with Crippen LogP contribution >= 0.6 is 11.3 Å². The molecule has 2 atom stereocenters. The molecule has 0 bridgehead atoms. The lowest BCUT2D eigenvalue weighted by Crippen LogP contribution is -2.31. The topological polar surface area (TPSA) is 12.0 Å². The van der Waals surface area contributed by atoms with Gasteiger partial charge in [-0.05, 0) is 35.4 Å². The van der Waals surface area contributed by atoms with E-state index in [4.69, 9.17) is 0 Å². The molecule has 2 heteroatoms. The number of rotatable bonds is 6. The van der Waals surface area contributed by atoms with Crippen LogP contribution in [-0.4, -0.2) is 6.54 Å². The van der Waals surface area contributed by atoms with E-state index in [0.717, 1.165) is 12.5 Å². The molecule has 0 spiro atoms. The first kappa shape index (κ1) is 12.9. The molecule has 2 unspecified atom stereocenters. The first-order valence-corrected chi connectivity index (χ1v) is 8.11. The van der Waals surface area contributed by atoms with Gasteiger partial charge in [-0.1, -0.05) is 43.7 Å². The maximum Gasteiger partial charge on any atom is 0.0414 e. The van der Waals surface area contributed by atoms with Crippen LogP contribution in [0.15, 0.2) is 41.8 Å². The number of hydrogen-bond donors (Lipinski definition) is 1. The van der Waals surface area contributed by atoms with Gasteiger partial charge in [0.25, 0.3) is 0 Å². The first-order chi connectivity index (χ1) is 9.38. The van der Waals surface area contributed by atoms with Crippen LogP contribution in [0.5, 0.6) is 0 Å². The molecule has 0 radical (unpaired) electrons. The molecule has 3 rings (SSSR count). The van der Waals surface area contributed by atoms with Crippen molar-refractivity contribution in [3.63, 3.8) is 0 Å². The van der Waals surface area contributed by atoms with Crippen molar-refractivity contribution in [2.75, 3.05) is 6.54 Å². The normalized spacial score (nSPS) is 18.7. The summed E-state index contributed by atoms with van der Waals surface area (Å²) in [5.41, 5.74) is 3.09. The zero-order chi connectivity index (χ0) is 13.1. The summed E-state index contributed by atoms with van der Waals surface area (Å²) in [5, 5.41) is 5.96. The summed E-state index contributed by atoms with van der Waals surface area (Å²) in [5.74, 6) is 0.718. The summed E-state index contributed by atoms with van der Waals surface area (Å²) >= 11 is 1.87. The van der Waals surface area contributed by atoms with E-state index < -0.39 is 0 Å². The van der Waals surface area contributed by atoms with E-state index in [2.05, 4.69) is 54.0 Å². The van der Waals surface area contributed by atoms with Gasteiger partial charge in [-0.25, -0.2) is 0 Å². The number of benzene rings is 1. The van der Waals surface area contributed by atoms with Gasteiger partial charge in [0.15, 0.2) is 0 Å². The van der Waals surface area contributed by atoms with E-state index >= 15 is 0 Å². The summed E-state index contributed by atoms with van der Waals surface area (Å²) in [4.78, 5) is 1.48. The second kappa shape index (κ2) is 5.89. The Hall–Kier alpha value is -1.12. The number of nitrogens with one attached hydrogen (secondary N) is 1. The highest BCUT2D eigenvalue weighted by atomic mass is 32.1. The summed E-state index contributed by atoms with van der Waals surface area (Å²) < 4.78 is 0. The molecule has 100 valence electrons. The zero-order valence-corrected chi connectivity index (χ0v) is 12.2. The lowest BCUT2D eigenvalue weighted by Gasteiger charge is -2.31. The van der Waals surface area contributed by atoms with E-state index in [0.29, 0.717) is 6.04 Å². The van der Waals surface area contributed by atoms with Gasteiger partial charge in [0.1, 0.15) is 0 Å². The van der Waals surface area contributed by atoms with Crippen molar-refractivity contribution in [2.45, 2.75) is 38.1 Å². The molecule has 1 aliphatic rings. The van der Waals surface area contributed by atoms with E-state index in [9.17, 15) is 0 Å². The van der Waals surface area contributed by atoms with E-state index in [1.807, 2.05) is 11.3 Å². The van der Waals surface area contributed by atoms with E-state index in [1.165, 1.54) is 29.7 Å². The molecule has 0 fully saturated rings. The van der Waals surface area contributed by atoms with Crippen molar-refractivity contribution < 1.29 is 0 Å². The molecule has 1 aromatic heterocycles. The van der Waals surface area contributed by atoms with Crippen LogP contribution in [0.2, 0.25) is 0 Å². The third kappa shape index (κ3) is 2.75. The second-order valence-electron chi connectivity index (χ2n) is 5.36. The fraction of sp³-hybridized carbons (Fsp3) is 0.412. The van der Waals surface area contributed by atoms with Gasteiger partial charge in [-0.3, -0.25) is 0 Å². The lowest BCUT2D eigenvalue weighted by atomic mass is 9.77. The third-order valence-corrected chi connectivity index (χ3v) is 5.02. The van der Waals surface area contributed by atoms with Gasteiger partial charge < -0.3 is 5.32 Å². The van der Waals surface area contributed by atoms with Gasteiger partial charge >= 0.3 is 0 Å². The minimum absolute atomic E-state index is 0.540. The molecule has 0 saturated carbocycles. The first-order valence-electron chi connectivity index (χ1n) is 7.23. The summed E-state index contributed by atoms with van der Waals surface area (Å²) in [6.07, 6.45) is 3.71. The predicted octanol–water partition coefficient (Wildman–Crippen LogP) is 4.52. The fourth-order valence-corrected chi connectivity index (χ4v) is 3.79. The number of hydrogen-bond acceptors (Lipinski definition) is 2. The standard InChI is InChI=1S/C17H21NS/c1-2-6-16(17-9-5-10-19-17)18-12-14-11-13-7-3-4-8-15(13)14/h3-5,7-10,14,16,18H,2,6,11-12H2,1H3. The van der Waals surface area contributed by atoms with E-state index in [1.54, 1.807) is 5.56 Å². The van der Waals surface area contributed by atoms with Crippen molar-refractivity contribution in [3.05, 3.63) is 57.8 Å². The zero-order valence-electron chi connectivity index (χ0n) is 11.4. The van der Waals surface area contributed by atoms with E-state index in [-0.39, 0.29) is 0 Å². The average molecular weight is 271 g/mol. The summed E-state index contributed by atoms with van der Waals surface area (Å²) in [6, 6.07) is 13.8. The van der Waals surface area contributed by atoms with Crippen LogP contribution in [0.25, 0.3) is 0 Å². The molecular formula is C17H21NS. The monoisotopic (exact) mass is 271 g/mol. The van der Waals surface area contributed by atoms with Crippen molar-refractivity contribution in [1.29, 1.82) is 0 Å². The lowest BCUT2D eigenvalue weighted by molar-refractivity contribution is 0.451. The average Bonchev–Trinajstić information content (AvgIpc) is 2.92. The summed E-state index contributed by atoms with van der Waals surface area (Å²) in [7, 11) is 0. The fourth-order valence-electron chi connectivity index (χ4n) is 2.95. The minimum atomic E-state index is 0.540. The SMILES string of the molecule is CCCC(NCC1Cc2ccccc21)c1cccs1. The highest BCUT2D eigenvalue weighted by Crippen LogP contribution is 2.35. The quantitative estimate of drug-likeness (QED) is 0.814. The molecule has 19 heavy (non-hydrogen) atoms. The van der Waals surface area contributed by atoms with Crippen molar-refractivity contribution in [1.82, 2.24) is 5.32 Å². The van der Waals surface area contributed by atoms with Crippen LogP contribution in [0.3, 0.4) is 0 Å². The molecule has 1 aromatic carbocycles. The molecular weight excluding hydrogens is 250 g/mol. The van der Waals surface area contributed by atoms with Gasteiger partial charge in [0.05, 0.1) is 0 Å². The molecule has 1 N–H and O–H groups in total. The van der Waals surface area contributed by atoms with Crippen molar-refractivity contribution in [2.24, 2.45) is 0 Å². The molecule has 1 aliphatic carbocycles. The van der Waals surface area contributed by atoms with Crippen molar-refractivity contribution >= 4 is 11.3 Å².